The van der Waals surface area contributed by atoms with Gasteiger partial charge in [0, 0.05) is 0 Å². The molecule has 90 valence electrons. The highest BCUT2D eigenvalue weighted by Gasteiger charge is 2.33. The van der Waals surface area contributed by atoms with E-state index < -0.39 is 28.8 Å². The molecular weight excluding hydrogens is 243 g/mol. The smallest absolute Gasteiger partial charge is 0.416 e. The van der Waals surface area contributed by atoms with Gasteiger partial charge in [0.05, 0.1) is 11.1 Å². The van der Waals surface area contributed by atoms with Gasteiger partial charge in [-0.3, -0.25) is 0 Å². The fourth-order valence-corrected chi connectivity index (χ4v) is 1.34. The average molecular weight is 247 g/mol. The topological polar surface area (TPSA) is 88.2 Å². The van der Waals surface area contributed by atoms with Gasteiger partial charge in [0.15, 0.2) is 0 Å². The van der Waals surface area contributed by atoms with E-state index >= 15 is 0 Å². The number of alkyl halides is 3. The van der Waals surface area contributed by atoms with E-state index in [2.05, 4.69) is 10.3 Å². The number of aromatic nitrogens is 3. The number of hydrogen-bond donors (Lipinski definition) is 2. The fraction of sp³-hybridized carbons (Fsp3) is 0.125. The Kier molecular flexibility index (Phi) is 2.19. The van der Waals surface area contributed by atoms with Gasteiger partial charge in [-0.15, -0.1) is 5.10 Å². The molecule has 6 nitrogen and oxygen atoms in total. The monoisotopic (exact) mass is 247 g/mol. The van der Waals surface area contributed by atoms with Crippen LogP contribution < -0.4 is 0 Å². The Hall–Kier alpha value is -2.32. The lowest BCUT2D eigenvalue weighted by Gasteiger charge is -2.07. The summed E-state index contributed by atoms with van der Waals surface area (Å²) in [6.07, 6.45) is -4.72. The molecule has 1 heterocycles. The van der Waals surface area contributed by atoms with Gasteiger partial charge in [-0.05, 0) is 17.3 Å². The molecule has 1 aromatic carbocycles. The minimum atomic E-state index is -4.72. The molecule has 9 heteroatoms. The van der Waals surface area contributed by atoms with E-state index in [0.29, 0.717) is 12.1 Å². The van der Waals surface area contributed by atoms with E-state index in [0.717, 1.165) is 0 Å². The first-order valence-corrected chi connectivity index (χ1v) is 4.20. The van der Waals surface area contributed by atoms with Crippen LogP contribution in [0.2, 0.25) is 0 Å². The molecule has 0 spiro atoms. The normalized spacial score (nSPS) is 11.9. The largest absolute Gasteiger partial charge is 0.478 e. The molecule has 0 amide bonds. The second-order valence-electron chi connectivity index (χ2n) is 3.17. The highest BCUT2D eigenvalue weighted by Crippen LogP contribution is 2.32. The van der Waals surface area contributed by atoms with Crippen LogP contribution in [0.5, 0.6) is 0 Å². The lowest BCUT2D eigenvalue weighted by molar-refractivity contribution is -0.137. The average Bonchev–Trinajstić information content (AvgIpc) is 2.58. The third kappa shape index (κ3) is 1.75. The maximum atomic E-state index is 12.5. The van der Waals surface area contributed by atoms with Crippen molar-refractivity contribution in [1.29, 1.82) is 0 Å². The Balaban J connectivity index is 2.83. The summed E-state index contributed by atoms with van der Waals surface area (Å²) < 4.78 is 37.4. The van der Waals surface area contributed by atoms with Crippen molar-refractivity contribution in [2.24, 2.45) is 0 Å². The first-order chi connectivity index (χ1) is 7.80. The first-order valence-electron chi connectivity index (χ1n) is 4.20. The summed E-state index contributed by atoms with van der Waals surface area (Å²) in [4.78, 5) is 10.9. The van der Waals surface area contributed by atoms with Crippen LogP contribution in [0.25, 0.3) is 11.0 Å². The Morgan fingerprint density at radius 3 is 2.53 bits per heavy atom. The van der Waals surface area contributed by atoms with Gasteiger partial charge < -0.3 is 10.3 Å². The Bertz CT molecular complexity index is 605. The van der Waals surface area contributed by atoms with Crippen molar-refractivity contribution in [3.63, 3.8) is 0 Å². The molecule has 0 aliphatic carbocycles. The van der Waals surface area contributed by atoms with Crippen molar-refractivity contribution in [3.05, 3.63) is 23.3 Å². The van der Waals surface area contributed by atoms with Gasteiger partial charge in [-0.25, -0.2) is 4.79 Å². The van der Waals surface area contributed by atoms with E-state index in [1.807, 2.05) is 0 Å². The SMILES string of the molecule is O=C(O)c1cc(C(F)(F)F)cc2c1nnn2O. The summed E-state index contributed by atoms with van der Waals surface area (Å²) >= 11 is 0. The van der Waals surface area contributed by atoms with Crippen molar-refractivity contribution in [1.82, 2.24) is 15.2 Å². The van der Waals surface area contributed by atoms with E-state index in [4.69, 9.17) is 10.3 Å². The van der Waals surface area contributed by atoms with Crippen LogP contribution in [0.3, 0.4) is 0 Å². The number of carboxylic acids is 1. The summed E-state index contributed by atoms with van der Waals surface area (Å²) in [6, 6.07) is 1.01. The number of benzene rings is 1. The van der Waals surface area contributed by atoms with E-state index in [9.17, 15) is 18.0 Å². The van der Waals surface area contributed by atoms with Crippen molar-refractivity contribution in [2.45, 2.75) is 6.18 Å². The molecule has 0 atom stereocenters. The molecule has 2 rings (SSSR count). The molecule has 2 N–H and O–H groups in total. The standard InChI is InChI=1S/C8H4F3N3O3/c9-8(10,11)3-1-4(7(15)16)6-5(2-3)14(17)13-12-6/h1-2,17H,(H,15,16). The quantitative estimate of drug-likeness (QED) is 0.743. The van der Waals surface area contributed by atoms with Crippen LogP contribution >= 0.6 is 0 Å². The molecule has 2 aromatic rings. The van der Waals surface area contributed by atoms with Crippen molar-refractivity contribution >= 4 is 17.0 Å². The second kappa shape index (κ2) is 3.34. The van der Waals surface area contributed by atoms with Gasteiger partial charge in [0.25, 0.3) is 0 Å². The molecule has 0 saturated heterocycles. The Morgan fingerprint density at radius 2 is 2.00 bits per heavy atom. The Labute approximate surface area is 90.8 Å². The summed E-state index contributed by atoms with van der Waals surface area (Å²) in [6.45, 7) is 0. The van der Waals surface area contributed by atoms with Crippen molar-refractivity contribution in [3.8, 4) is 0 Å². The molecule has 0 fully saturated rings. The number of fused-ring (bicyclic) bond motifs is 1. The van der Waals surface area contributed by atoms with Gasteiger partial charge in [-0.1, -0.05) is 4.85 Å². The number of halogens is 3. The third-order valence-corrected chi connectivity index (χ3v) is 2.09. The highest BCUT2D eigenvalue weighted by molar-refractivity contribution is 6.01. The van der Waals surface area contributed by atoms with Crippen LogP contribution in [0, 0.1) is 0 Å². The first kappa shape index (κ1) is 11.2. The number of aromatic carboxylic acids is 1. The van der Waals surface area contributed by atoms with Crippen molar-refractivity contribution in [2.75, 3.05) is 0 Å². The molecule has 0 bridgehead atoms. The van der Waals surface area contributed by atoms with Crippen LogP contribution in [0.15, 0.2) is 12.1 Å². The maximum Gasteiger partial charge on any atom is 0.416 e. The molecule has 0 aliphatic heterocycles. The van der Waals surface area contributed by atoms with Gasteiger partial charge in [-0.2, -0.15) is 13.2 Å². The lowest BCUT2D eigenvalue weighted by Crippen LogP contribution is -2.08. The highest BCUT2D eigenvalue weighted by atomic mass is 19.4. The van der Waals surface area contributed by atoms with Gasteiger partial charge >= 0.3 is 12.1 Å². The lowest BCUT2D eigenvalue weighted by atomic mass is 10.1. The molecular formula is C8H4F3N3O3. The third-order valence-electron chi connectivity index (χ3n) is 2.09. The summed E-state index contributed by atoms with van der Waals surface area (Å²) in [5.41, 5.74) is -2.60. The number of carbonyl (C=O) groups is 1. The molecule has 0 radical (unpaired) electrons. The summed E-state index contributed by atoms with van der Waals surface area (Å²) in [5, 5.41) is 24.2. The predicted octanol–water partition coefficient (Wildman–Crippen LogP) is 1.39. The van der Waals surface area contributed by atoms with Crippen molar-refractivity contribution < 1.29 is 28.3 Å². The number of nitrogens with zero attached hydrogens (tertiary/aromatic N) is 3. The van der Waals surface area contributed by atoms with Crippen LogP contribution in [0.4, 0.5) is 13.2 Å². The number of hydrogen-bond acceptors (Lipinski definition) is 4. The van der Waals surface area contributed by atoms with E-state index in [-0.39, 0.29) is 10.4 Å². The predicted molar refractivity (Wildman–Crippen MR) is 46.7 cm³/mol. The minimum Gasteiger partial charge on any atom is -0.478 e. The zero-order chi connectivity index (χ0) is 12.8. The molecule has 1 aromatic heterocycles. The maximum absolute atomic E-state index is 12.5. The van der Waals surface area contributed by atoms with E-state index in [1.54, 1.807) is 0 Å². The summed E-state index contributed by atoms with van der Waals surface area (Å²) in [5.74, 6) is -1.58. The fourth-order valence-electron chi connectivity index (χ4n) is 1.34. The molecule has 0 aliphatic rings. The minimum absolute atomic E-state index is 0.0943. The zero-order valence-corrected chi connectivity index (χ0v) is 7.93. The second-order valence-corrected chi connectivity index (χ2v) is 3.17. The van der Waals surface area contributed by atoms with Gasteiger partial charge in [0.1, 0.15) is 11.0 Å². The molecule has 17 heavy (non-hydrogen) atoms. The Morgan fingerprint density at radius 1 is 1.35 bits per heavy atom. The van der Waals surface area contributed by atoms with Crippen LogP contribution in [0.1, 0.15) is 15.9 Å². The molecule has 0 saturated carbocycles. The number of carboxylic acid groups (broad SMARTS) is 1. The number of rotatable bonds is 1. The van der Waals surface area contributed by atoms with Gasteiger partial charge in [0.2, 0.25) is 0 Å². The summed E-state index contributed by atoms with van der Waals surface area (Å²) in [7, 11) is 0. The molecule has 0 unspecified atom stereocenters. The van der Waals surface area contributed by atoms with Crippen LogP contribution in [-0.2, 0) is 6.18 Å². The zero-order valence-electron chi connectivity index (χ0n) is 7.93. The van der Waals surface area contributed by atoms with Crippen LogP contribution in [-0.4, -0.2) is 31.4 Å². The van der Waals surface area contributed by atoms with E-state index in [1.165, 1.54) is 0 Å².